The summed E-state index contributed by atoms with van der Waals surface area (Å²) in [7, 11) is 0. The zero-order chi connectivity index (χ0) is 20.8. The highest BCUT2D eigenvalue weighted by Gasteiger charge is 2.16. The van der Waals surface area contributed by atoms with Crippen LogP contribution in [0.15, 0.2) is 42.5 Å². The standard InChI is InChI=1S/C25H34N2O2/c1-4-26(5-2)16-8-6-7-9-17-27-24-15-14-22(29)18-23(24)19(3)25(27)20-10-12-21(28)13-11-20/h10-15,18,28-29H,4-9,16-17H2,1-3H3. The maximum atomic E-state index is 9.97. The van der Waals surface area contributed by atoms with Crippen molar-refractivity contribution < 1.29 is 10.2 Å². The SMILES string of the molecule is CCN(CC)CCCCCCn1c(-c2ccc(O)cc2)c(C)c2cc(O)ccc21. The second kappa shape index (κ2) is 9.84. The van der Waals surface area contributed by atoms with Crippen LogP contribution >= 0.6 is 0 Å². The number of fused-ring (bicyclic) bond motifs is 1. The van der Waals surface area contributed by atoms with E-state index in [-0.39, 0.29) is 5.75 Å². The number of phenolic OH excluding ortho intramolecular Hbond substituents is 2. The van der Waals surface area contributed by atoms with Gasteiger partial charge in [0.2, 0.25) is 0 Å². The molecule has 0 saturated carbocycles. The molecule has 2 aromatic carbocycles. The molecule has 156 valence electrons. The summed E-state index contributed by atoms with van der Waals surface area (Å²) in [6.45, 7) is 11.0. The van der Waals surface area contributed by atoms with Crippen molar-refractivity contribution in [2.24, 2.45) is 0 Å². The van der Waals surface area contributed by atoms with Crippen LogP contribution in [-0.2, 0) is 6.54 Å². The van der Waals surface area contributed by atoms with Crippen molar-refractivity contribution in [1.82, 2.24) is 9.47 Å². The maximum absolute atomic E-state index is 9.97. The van der Waals surface area contributed by atoms with E-state index in [4.69, 9.17) is 0 Å². The number of aryl methyl sites for hydroxylation is 2. The average Bonchev–Trinajstić information content (AvgIpc) is 2.99. The average molecular weight is 395 g/mol. The summed E-state index contributed by atoms with van der Waals surface area (Å²) in [5, 5.41) is 20.7. The predicted octanol–water partition coefficient (Wildman–Crippen LogP) is 5.93. The Morgan fingerprint density at radius 2 is 1.48 bits per heavy atom. The summed E-state index contributed by atoms with van der Waals surface area (Å²) in [6.07, 6.45) is 4.86. The quantitative estimate of drug-likeness (QED) is 0.419. The summed E-state index contributed by atoms with van der Waals surface area (Å²) >= 11 is 0. The molecule has 0 atom stereocenters. The first-order valence-corrected chi connectivity index (χ1v) is 10.9. The van der Waals surface area contributed by atoms with Crippen molar-refractivity contribution in [1.29, 1.82) is 0 Å². The second-order valence-corrected chi connectivity index (χ2v) is 7.81. The molecule has 2 N–H and O–H groups in total. The summed E-state index contributed by atoms with van der Waals surface area (Å²) < 4.78 is 2.38. The number of nitrogens with zero attached hydrogens (tertiary/aromatic N) is 2. The molecule has 0 radical (unpaired) electrons. The highest BCUT2D eigenvalue weighted by molar-refractivity contribution is 5.92. The van der Waals surface area contributed by atoms with E-state index in [9.17, 15) is 10.2 Å². The van der Waals surface area contributed by atoms with Gasteiger partial charge in [0.15, 0.2) is 0 Å². The molecule has 29 heavy (non-hydrogen) atoms. The van der Waals surface area contributed by atoms with Crippen LogP contribution in [0.3, 0.4) is 0 Å². The fourth-order valence-electron chi connectivity index (χ4n) is 4.23. The number of hydrogen-bond acceptors (Lipinski definition) is 3. The van der Waals surface area contributed by atoms with E-state index in [0.717, 1.165) is 42.5 Å². The Kier molecular flexibility index (Phi) is 7.21. The van der Waals surface area contributed by atoms with Crippen molar-refractivity contribution in [3.05, 3.63) is 48.0 Å². The highest BCUT2D eigenvalue weighted by atomic mass is 16.3. The number of hydrogen-bond donors (Lipinski definition) is 2. The Balaban J connectivity index is 1.77. The van der Waals surface area contributed by atoms with E-state index in [1.54, 1.807) is 18.2 Å². The van der Waals surface area contributed by atoms with Crippen LogP contribution in [0.25, 0.3) is 22.2 Å². The normalized spacial score (nSPS) is 11.6. The molecule has 0 amide bonds. The first-order chi connectivity index (χ1) is 14.0. The molecular weight excluding hydrogens is 360 g/mol. The summed E-state index contributed by atoms with van der Waals surface area (Å²) in [4.78, 5) is 2.48. The molecule has 0 bridgehead atoms. The molecule has 3 aromatic rings. The van der Waals surface area contributed by atoms with E-state index in [2.05, 4.69) is 30.2 Å². The fourth-order valence-corrected chi connectivity index (χ4v) is 4.23. The number of unbranched alkanes of at least 4 members (excludes halogenated alkanes) is 3. The van der Waals surface area contributed by atoms with Gasteiger partial charge in [0, 0.05) is 17.4 Å². The molecule has 0 fully saturated rings. The predicted molar refractivity (Wildman–Crippen MR) is 122 cm³/mol. The zero-order valence-electron chi connectivity index (χ0n) is 18.0. The third-order valence-corrected chi connectivity index (χ3v) is 5.94. The highest BCUT2D eigenvalue weighted by Crippen LogP contribution is 2.35. The van der Waals surface area contributed by atoms with Crippen molar-refractivity contribution in [3.8, 4) is 22.8 Å². The third-order valence-electron chi connectivity index (χ3n) is 5.94. The number of benzene rings is 2. The van der Waals surface area contributed by atoms with E-state index in [1.807, 2.05) is 24.3 Å². The summed E-state index contributed by atoms with van der Waals surface area (Å²) in [6, 6.07) is 13.1. The van der Waals surface area contributed by atoms with Gasteiger partial charge in [-0.2, -0.15) is 0 Å². The molecule has 0 aliphatic heterocycles. The van der Waals surface area contributed by atoms with E-state index in [1.165, 1.54) is 37.1 Å². The first-order valence-electron chi connectivity index (χ1n) is 10.9. The Labute approximate surface area is 174 Å². The van der Waals surface area contributed by atoms with Crippen molar-refractivity contribution >= 4 is 10.9 Å². The number of aromatic nitrogens is 1. The van der Waals surface area contributed by atoms with E-state index >= 15 is 0 Å². The van der Waals surface area contributed by atoms with Crippen molar-refractivity contribution in [2.75, 3.05) is 19.6 Å². The zero-order valence-corrected chi connectivity index (χ0v) is 18.0. The fraction of sp³-hybridized carbons (Fsp3) is 0.440. The third kappa shape index (κ3) is 4.94. The number of phenols is 2. The van der Waals surface area contributed by atoms with Crippen molar-refractivity contribution in [3.63, 3.8) is 0 Å². The lowest BCUT2D eigenvalue weighted by Gasteiger charge is -2.17. The van der Waals surface area contributed by atoms with Crippen LogP contribution < -0.4 is 0 Å². The van der Waals surface area contributed by atoms with Gasteiger partial charge in [-0.05, 0) is 93.0 Å². The molecule has 0 spiro atoms. The van der Waals surface area contributed by atoms with Gasteiger partial charge in [-0.1, -0.05) is 26.7 Å². The van der Waals surface area contributed by atoms with Gasteiger partial charge in [0.25, 0.3) is 0 Å². The van der Waals surface area contributed by atoms with Gasteiger partial charge in [-0.25, -0.2) is 0 Å². The Bertz CT molecular complexity index is 924. The van der Waals surface area contributed by atoms with Gasteiger partial charge in [-0.3, -0.25) is 0 Å². The van der Waals surface area contributed by atoms with Crippen LogP contribution in [0.2, 0.25) is 0 Å². The van der Waals surface area contributed by atoms with E-state index in [0.29, 0.717) is 5.75 Å². The molecule has 0 aliphatic rings. The lowest BCUT2D eigenvalue weighted by Crippen LogP contribution is -2.23. The lowest BCUT2D eigenvalue weighted by atomic mass is 10.1. The molecule has 4 nitrogen and oxygen atoms in total. The van der Waals surface area contributed by atoms with Gasteiger partial charge >= 0.3 is 0 Å². The van der Waals surface area contributed by atoms with Crippen molar-refractivity contribution in [2.45, 2.75) is 53.0 Å². The molecule has 4 heteroatoms. The Morgan fingerprint density at radius 1 is 0.828 bits per heavy atom. The lowest BCUT2D eigenvalue weighted by molar-refractivity contribution is 0.295. The van der Waals surface area contributed by atoms with Crippen LogP contribution in [0.5, 0.6) is 11.5 Å². The molecule has 3 rings (SSSR count). The van der Waals surface area contributed by atoms with Gasteiger partial charge < -0.3 is 19.7 Å². The van der Waals surface area contributed by atoms with Crippen LogP contribution in [0.4, 0.5) is 0 Å². The van der Waals surface area contributed by atoms with Crippen LogP contribution in [-0.4, -0.2) is 39.3 Å². The van der Waals surface area contributed by atoms with Crippen LogP contribution in [0, 0.1) is 6.92 Å². The number of rotatable bonds is 10. The minimum absolute atomic E-state index is 0.278. The van der Waals surface area contributed by atoms with Gasteiger partial charge in [0.05, 0.1) is 5.69 Å². The molecular formula is C25H34N2O2. The monoisotopic (exact) mass is 394 g/mol. The van der Waals surface area contributed by atoms with E-state index < -0.39 is 0 Å². The topological polar surface area (TPSA) is 48.6 Å². The van der Waals surface area contributed by atoms with Crippen LogP contribution in [0.1, 0.15) is 45.1 Å². The second-order valence-electron chi connectivity index (χ2n) is 7.81. The Hall–Kier alpha value is -2.46. The summed E-state index contributed by atoms with van der Waals surface area (Å²) in [5.41, 5.74) is 4.60. The minimum atomic E-state index is 0.278. The molecule has 0 saturated heterocycles. The van der Waals surface area contributed by atoms with Gasteiger partial charge in [-0.15, -0.1) is 0 Å². The largest absolute Gasteiger partial charge is 0.508 e. The molecule has 1 heterocycles. The maximum Gasteiger partial charge on any atom is 0.116 e. The molecule has 0 unspecified atom stereocenters. The summed E-state index contributed by atoms with van der Waals surface area (Å²) in [5.74, 6) is 0.575. The van der Waals surface area contributed by atoms with Gasteiger partial charge in [0.1, 0.15) is 11.5 Å². The molecule has 0 aliphatic carbocycles. The minimum Gasteiger partial charge on any atom is -0.508 e. The first kappa shape index (κ1) is 21.3. The Morgan fingerprint density at radius 3 is 2.17 bits per heavy atom. The smallest absolute Gasteiger partial charge is 0.116 e. The number of aromatic hydroxyl groups is 2. The molecule has 1 aromatic heterocycles.